The van der Waals surface area contributed by atoms with E-state index in [0.717, 1.165) is 49.3 Å². The molecule has 0 bridgehead atoms. The predicted octanol–water partition coefficient (Wildman–Crippen LogP) is 5.36. The number of aryl methyl sites for hydroxylation is 2. The summed E-state index contributed by atoms with van der Waals surface area (Å²) in [7, 11) is 0. The molecule has 6 heteroatoms. The molecule has 1 fully saturated rings. The molecule has 146 valence electrons. The maximum Gasteiger partial charge on any atom is 0.417 e. The first-order valence-electron chi connectivity index (χ1n) is 9.16. The highest BCUT2D eigenvalue weighted by molar-refractivity contribution is 6.31. The Balaban J connectivity index is 2.12. The summed E-state index contributed by atoms with van der Waals surface area (Å²) in [5.74, 6) is 0. The van der Waals surface area contributed by atoms with Gasteiger partial charge in [-0.3, -0.25) is 4.90 Å². The normalized spacial score (nSPS) is 17.6. The molecule has 1 unspecified atom stereocenters. The van der Waals surface area contributed by atoms with Gasteiger partial charge in [-0.2, -0.15) is 13.2 Å². The number of rotatable bonds is 3. The average Bonchev–Trinajstić information content (AvgIpc) is 2.86. The van der Waals surface area contributed by atoms with Crippen molar-refractivity contribution in [1.29, 1.82) is 0 Å². The molecule has 1 aliphatic rings. The van der Waals surface area contributed by atoms with Gasteiger partial charge >= 0.3 is 6.18 Å². The Morgan fingerprint density at radius 2 is 1.81 bits per heavy atom. The molecule has 1 atom stereocenters. The van der Waals surface area contributed by atoms with Crippen molar-refractivity contribution in [3.8, 4) is 0 Å². The molecule has 1 saturated heterocycles. The number of nitrogens with one attached hydrogen (secondary N) is 1. The summed E-state index contributed by atoms with van der Waals surface area (Å²) in [6.45, 7) is 7.39. The summed E-state index contributed by atoms with van der Waals surface area (Å²) in [6.07, 6.45) is -3.51. The van der Waals surface area contributed by atoms with Gasteiger partial charge < -0.3 is 5.32 Å². The standard InChI is InChI=1S/C21H24ClF3N2/c1-14-4-6-17(15(2)12-14)20(27-10-3-8-26-9-11-27)16-5-7-19(22)18(13-16)21(23,24)25/h4-7,12-13,20,26H,3,8-11H2,1-2H3. The van der Waals surface area contributed by atoms with E-state index in [1.165, 1.54) is 12.1 Å². The molecule has 1 aliphatic heterocycles. The molecule has 27 heavy (non-hydrogen) atoms. The topological polar surface area (TPSA) is 15.3 Å². The second-order valence-electron chi connectivity index (χ2n) is 7.14. The van der Waals surface area contributed by atoms with Crippen molar-refractivity contribution < 1.29 is 13.2 Å². The number of benzene rings is 2. The number of hydrogen-bond donors (Lipinski definition) is 1. The molecule has 0 aromatic heterocycles. The molecule has 0 saturated carbocycles. The zero-order valence-electron chi connectivity index (χ0n) is 15.5. The number of hydrogen-bond acceptors (Lipinski definition) is 2. The Morgan fingerprint density at radius 3 is 2.52 bits per heavy atom. The van der Waals surface area contributed by atoms with Crippen LogP contribution in [-0.2, 0) is 6.18 Å². The minimum Gasteiger partial charge on any atom is -0.315 e. The second kappa shape index (κ2) is 8.21. The fourth-order valence-corrected chi connectivity index (χ4v) is 4.00. The van der Waals surface area contributed by atoms with Gasteiger partial charge in [0.2, 0.25) is 0 Å². The first kappa shape index (κ1) is 20.2. The van der Waals surface area contributed by atoms with Gasteiger partial charge in [0.1, 0.15) is 0 Å². The third-order valence-corrected chi connectivity index (χ3v) is 5.40. The first-order chi connectivity index (χ1) is 12.8. The van der Waals surface area contributed by atoms with Crippen molar-refractivity contribution in [2.24, 2.45) is 0 Å². The maximum atomic E-state index is 13.4. The van der Waals surface area contributed by atoms with Crippen LogP contribution in [0.15, 0.2) is 36.4 Å². The fraction of sp³-hybridized carbons (Fsp3) is 0.429. The lowest BCUT2D eigenvalue weighted by atomic mass is 9.91. The first-order valence-corrected chi connectivity index (χ1v) is 9.54. The van der Waals surface area contributed by atoms with Gasteiger partial charge in [-0.25, -0.2) is 0 Å². The summed E-state index contributed by atoms with van der Waals surface area (Å²) in [5.41, 5.74) is 3.11. The lowest BCUT2D eigenvalue weighted by Gasteiger charge is -2.33. The van der Waals surface area contributed by atoms with Crippen LogP contribution in [0, 0.1) is 13.8 Å². The van der Waals surface area contributed by atoms with Crippen molar-refractivity contribution in [1.82, 2.24) is 10.2 Å². The lowest BCUT2D eigenvalue weighted by molar-refractivity contribution is -0.137. The zero-order valence-corrected chi connectivity index (χ0v) is 16.3. The number of halogens is 4. The smallest absolute Gasteiger partial charge is 0.315 e. The molecule has 0 radical (unpaired) electrons. The molecule has 1 heterocycles. The Labute approximate surface area is 163 Å². The van der Waals surface area contributed by atoms with Crippen LogP contribution < -0.4 is 5.32 Å². The molecule has 2 aromatic carbocycles. The number of nitrogens with zero attached hydrogens (tertiary/aromatic N) is 1. The van der Waals surface area contributed by atoms with Gasteiger partial charge in [0.15, 0.2) is 0 Å². The van der Waals surface area contributed by atoms with Crippen molar-refractivity contribution in [2.75, 3.05) is 26.2 Å². The Kier molecular flexibility index (Phi) is 6.14. The molecule has 1 N–H and O–H groups in total. The van der Waals surface area contributed by atoms with Gasteiger partial charge in [-0.1, -0.05) is 41.4 Å². The molecule has 0 aliphatic carbocycles. The average molecular weight is 397 g/mol. The Hall–Kier alpha value is -1.56. The molecule has 0 amide bonds. The summed E-state index contributed by atoms with van der Waals surface area (Å²) in [4.78, 5) is 2.26. The van der Waals surface area contributed by atoms with Crippen LogP contribution in [0.25, 0.3) is 0 Å². The van der Waals surface area contributed by atoms with E-state index in [-0.39, 0.29) is 11.1 Å². The van der Waals surface area contributed by atoms with E-state index in [9.17, 15) is 13.2 Å². The predicted molar refractivity (Wildman–Crippen MR) is 103 cm³/mol. The van der Waals surface area contributed by atoms with E-state index < -0.39 is 11.7 Å². The molecule has 3 rings (SSSR count). The van der Waals surface area contributed by atoms with Gasteiger partial charge in [0.25, 0.3) is 0 Å². The Morgan fingerprint density at radius 1 is 1.04 bits per heavy atom. The summed E-state index contributed by atoms with van der Waals surface area (Å²) < 4.78 is 40.3. The fourth-order valence-electron chi connectivity index (χ4n) is 3.77. The van der Waals surface area contributed by atoms with E-state index in [4.69, 9.17) is 11.6 Å². The Bertz CT molecular complexity index is 796. The van der Waals surface area contributed by atoms with Crippen molar-refractivity contribution in [3.05, 3.63) is 69.2 Å². The van der Waals surface area contributed by atoms with Crippen LogP contribution in [-0.4, -0.2) is 31.1 Å². The monoisotopic (exact) mass is 396 g/mol. The lowest BCUT2D eigenvalue weighted by Crippen LogP contribution is -2.33. The van der Waals surface area contributed by atoms with E-state index in [1.807, 2.05) is 26.0 Å². The highest BCUT2D eigenvalue weighted by Crippen LogP contribution is 2.39. The highest BCUT2D eigenvalue weighted by Gasteiger charge is 2.35. The minimum atomic E-state index is -4.47. The van der Waals surface area contributed by atoms with Gasteiger partial charge in [-0.05, 0) is 55.6 Å². The van der Waals surface area contributed by atoms with E-state index in [2.05, 4.69) is 16.3 Å². The third-order valence-electron chi connectivity index (χ3n) is 5.07. The van der Waals surface area contributed by atoms with Crippen molar-refractivity contribution >= 4 is 11.6 Å². The zero-order chi connectivity index (χ0) is 19.6. The largest absolute Gasteiger partial charge is 0.417 e. The summed E-state index contributed by atoms with van der Waals surface area (Å²) in [5, 5.41) is 3.10. The second-order valence-corrected chi connectivity index (χ2v) is 7.55. The minimum absolute atomic E-state index is 0.233. The number of alkyl halides is 3. The summed E-state index contributed by atoms with van der Waals surface area (Å²) in [6, 6.07) is 10.2. The highest BCUT2D eigenvalue weighted by atomic mass is 35.5. The van der Waals surface area contributed by atoms with Crippen LogP contribution in [0.4, 0.5) is 13.2 Å². The van der Waals surface area contributed by atoms with E-state index >= 15 is 0 Å². The van der Waals surface area contributed by atoms with E-state index in [0.29, 0.717) is 5.56 Å². The van der Waals surface area contributed by atoms with Crippen molar-refractivity contribution in [2.45, 2.75) is 32.5 Å². The molecular weight excluding hydrogens is 373 g/mol. The van der Waals surface area contributed by atoms with Crippen molar-refractivity contribution in [3.63, 3.8) is 0 Å². The van der Waals surface area contributed by atoms with Crippen LogP contribution in [0.5, 0.6) is 0 Å². The quantitative estimate of drug-likeness (QED) is 0.751. The molecule has 2 aromatic rings. The third kappa shape index (κ3) is 4.65. The van der Waals surface area contributed by atoms with Crippen LogP contribution >= 0.6 is 11.6 Å². The van der Waals surface area contributed by atoms with Crippen LogP contribution in [0.2, 0.25) is 5.02 Å². The van der Waals surface area contributed by atoms with Gasteiger partial charge in [0.05, 0.1) is 16.6 Å². The van der Waals surface area contributed by atoms with Crippen LogP contribution in [0.3, 0.4) is 0 Å². The van der Waals surface area contributed by atoms with Gasteiger partial charge in [-0.15, -0.1) is 0 Å². The SMILES string of the molecule is Cc1ccc(C(c2ccc(Cl)c(C(F)(F)F)c2)N2CCCNCC2)c(C)c1. The molecule has 2 nitrogen and oxygen atoms in total. The maximum absolute atomic E-state index is 13.4. The van der Waals surface area contributed by atoms with Crippen LogP contribution in [0.1, 0.15) is 40.3 Å². The van der Waals surface area contributed by atoms with E-state index in [1.54, 1.807) is 6.07 Å². The molecular formula is C21H24ClF3N2. The summed E-state index contributed by atoms with van der Waals surface area (Å²) >= 11 is 5.85. The van der Waals surface area contributed by atoms with Gasteiger partial charge in [0, 0.05) is 19.6 Å². The molecule has 0 spiro atoms.